The fourth-order valence-electron chi connectivity index (χ4n) is 3.95. The van der Waals surface area contributed by atoms with Crippen LogP contribution in [0.5, 0.6) is 0 Å². The van der Waals surface area contributed by atoms with Gasteiger partial charge in [0.25, 0.3) is 0 Å². The molecule has 2 N–H and O–H groups in total. The van der Waals surface area contributed by atoms with Crippen LogP contribution in [0.2, 0.25) is 0 Å². The number of hydrogen-bond acceptors (Lipinski definition) is 7. The van der Waals surface area contributed by atoms with Crippen molar-refractivity contribution in [1.29, 1.82) is 0 Å². The first-order valence-corrected chi connectivity index (χ1v) is 11.9. The van der Waals surface area contributed by atoms with Crippen molar-refractivity contribution >= 4 is 35.1 Å². The summed E-state index contributed by atoms with van der Waals surface area (Å²) in [6.07, 6.45) is 2.08. The van der Waals surface area contributed by atoms with Crippen molar-refractivity contribution in [3.63, 3.8) is 0 Å². The van der Waals surface area contributed by atoms with Gasteiger partial charge in [0.2, 0.25) is 5.91 Å². The van der Waals surface area contributed by atoms with Crippen molar-refractivity contribution in [3.05, 3.63) is 52.6 Å². The molecular formula is C24H27N5O4S. The number of amides is 1. The first-order valence-electron chi connectivity index (χ1n) is 11.0. The summed E-state index contributed by atoms with van der Waals surface area (Å²) in [6.45, 7) is 6.76. The summed E-state index contributed by atoms with van der Waals surface area (Å²) in [5, 5.41) is 11.7. The van der Waals surface area contributed by atoms with Gasteiger partial charge in [-0.2, -0.15) is 0 Å². The lowest BCUT2D eigenvalue weighted by molar-refractivity contribution is -0.114. The maximum Gasteiger partial charge on any atom is 0.339 e. The average molecular weight is 482 g/mol. The molecule has 2 heterocycles. The van der Waals surface area contributed by atoms with Gasteiger partial charge in [-0.15, -0.1) is 10.2 Å². The van der Waals surface area contributed by atoms with E-state index < -0.39 is 11.2 Å². The molecule has 0 aliphatic heterocycles. The predicted octanol–water partition coefficient (Wildman–Crippen LogP) is 4.20. The van der Waals surface area contributed by atoms with E-state index in [9.17, 15) is 14.4 Å². The third-order valence-electron chi connectivity index (χ3n) is 5.75. The number of methoxy groups -OCH3 is 1. The number of aromatic amines is 1. The third kappa shape index (κ3) is 4.63. The quantitative estimate of drug-likeness (QED) is 0.281. The molecule has 10 heteroatoms. The molecule has 0 spiro atoms. The number of esters is 1. The highest BCUT2D eigenvalue weighted by Crippen LogP contribution is 2.42. The summed E-state index contributed by atoms with van der Waals surface area (Å²) in [6, 6.07) is 7.48. The summed E-state index contributed by atoms with van der Waals surface area (Å²) in [5.74, 6) is 0.406. The zero-order valence-corrected chi connectivity index (χ0v) is 20.6. The number of Topliss-reactive ketones (excluding diaryl/α,β-unsaturated/α-hetero) is 1. The standard InChI is InChI=1S/C24H27N5O4S/c1-12-19(23(32)33-5)13(2)25-20(12)21(31)14(3)34-24-28-27-22(16-9-10-16)29(24)18-8-6-7-17(11-18)26-15(4)30/h6-8,11,14,16,25H,9-10H2,1-5H3,(H,26,30). The number of aromatic nitrogens is 4. The summed E-state index contributed by atoms with van der Waals surface area (Å²) in [4.78, 5) is 40.0. The molecule has 1 aliphatic carbocycles. The second-order valence-corrected chi connectivity index (χ2v) is 9.73. The maximum absolute atomic E-state index is 13.3. The fraction of sp³-hybridized carbons (Fsp3) is 0.375. The third-order valence-corrected chi connectivity index (χ3v) is 6.79. The largest absolute Gasteiger partial charge is 0.465 e. The van der Waals surface area contributed by atoms with Crippen LogP contribution in [0.1, 0.15) is 70.5 Å². The van der Waals surface area contributed by atoms with Crippen molar-refractivity contribution in [2.45, 2.75) is 56.9 Å². The number of nitrogens with zero attached hydrogens (tertiary/aromatic N) is 3. The van der Waals surface area contributed by atoms with Crippen molar-refractivity contribution in [3.8, 4) is 5.69 Å². The highest BCUT2D eigenvalue weighted by atomic mass is 32.2. The lowest BCUT2D eigenvalue weighted by Crippen LogP contribution is -2.16. The molecule has 1 aliphatic rings. The molecule has 178 valence electrons. The van der Waals surface area contributed by atoms with Gasteiger partial charge in [-0.25, -0.2) is 4.79 Å². The number of rotatable bonds is 8. The number of hydrogen-bond donors (Lipinski definition) is 2. The van der Waals surface area contributed by atoms with Crippen LogP contribution in [0, 0.1) is 13.8 Å². The maximum atomic E-state index is 13.3. The van der Waals surface area contributed by atoms with E-state index in [-0.39, 0.29) is 11.7 Å². The SMILES string of the molecule is COC(=O)c1c(C)[nH]c(C(=O)C(C)Sc2nnc(C3CC3)n2-c2cccc(NC(C)=O)c2)c1C. The van der Waals surface area contributed by atoms with Crippen LogP contribution in [-0.4, -0.2) is 49.8 Å². The highest BCUT2D eigenvalue weighted by Gasteiger charge is 2.33. The van der Waals surface area contributed by atoms with Crippen LogP contribution in [0.15, 0.2) is 29.4 Å². The number of carbonyl (C=O) groups is 3. The Labute approximate surface area is 201 Å². The van der Waals surface area contributed by atoms with Gasteiger partial charge < -0.3 is 15.0 Å². The fourth-order valence-corrected chi connectivity index (χ4v) is 4.89. The number of aryl methyl sites for hydroxylation is 1. The molecule has 1 amide bonds. The van der Waals surface area contributed by atoms with E-state index in [0.717, 1.165) is 24.4 Å². The number of ketones is 1. The summed E-state index contributed by atoms with van der Waals surface area (Å²) in [5.41, 5.74) is 3.44. The number of carbonyl (C=O) groups excluding carboxylic acids is 3. The van der Waals surface area contributed by atoms with E-state index >= 15 is 0 Å². The molecule has 0 saturated heterocycles. The Morgan fingerprint density at radius 3 is 2.62 bits per heavy atom. The normalized spacial score (nSPS) is 14.0. The van der Waals surface area contributed by atoms with Crippen LogP contribution in [0.25, 0.3) is 5.69 Å². The Kier molecular flexibility index (Phi) is 6.60. The molecule has 2 aromatic heterocycles. The lowest BCUT2D eigenvalue weighted by atomic mass is 10.1. The van der Waals surface area contributed by atoms with Gasteiger partial charge >= 0.3 is 5.97 Å². The molecular weight excluding hydrogens is 454 g/mol. The molecule has 9 nitrogen and oxygen atoms in total. The van der Waals surface area contributed by atoms with Gasteiger partial charge in [0, 0.05) is 24.2 Å². The molecule has 4 rings (SSSR count). The van der Waals surface area contributed by atoms with Gasteiger partial charge in [-0.05, 0) is 57.4 Å². The topological polar surface area (TPSA) is 119 Å². The molecule has 0 bridgehead atoms. The number of benzene rings is 1. The minimum Gasteiger partial charge on any atom is -0.465 e. The minimum atomic E-state index is -0.490. The Bertz CT molecular complexity index is 1270. The number of thioether (sulfide) groups is 1. The molecule has 1 aromatic carbocycles. The van der Waals surface area contributed by atoms with Gasteiger partial charge in [-0.1, -0.05) is 17.8 Å². The van der Waals surface area contributed by atoms with Gasteiger partial charge in [0.1, 0.15) is 5.82 Å². The molecule has 1 unspecified atom stereocenters. The van der Waals surface area contributed by atoms with E-state index in [4.69, 9.17) is 4.74 Å². The Morgan fingerprint density at radius 1 is 1.24 bits per heavy atom. The molecule has 1 atom stereocenters. The number of H-pyrrole nitrogens is 1. The summed E-state index contributed by atoms with van der Waals surface area (Å²) < 4.78 is 6.82. The van der Waals surface area contributed by atoms with Gasteiger partial charge in [0.15, 0.2) is 10.9 Å². The van der Waals surface area contributed by atoms with Crippen LogP contribution in [-0.2, 0) is 9.53 Å². The predicted molar refractivity (Wildman–Crippen MR) is 129 cm³/mol. The lowest BCUT2D eigenvalue weighted by Gasteiger charge is -2.14. The molecule has 3 aromatic rings. The first kappa shape index (κ1) is 23.7. The smallest absolute Gasteiger partial charge is 0.339 e. The first-order chi connectivity index (χ1) is 16.2. The molecule has 34 heavy (non-hydrogen) atoms. The Morgan fingerprint density at radius 2 is 1.97 bits per heavy atom. The zero-order valence-electron chi connectivity index (χ0n) is 19.8. The zero-order chi connectivity index (χ0) is 24.6. The second-order valence-electron chi connectivity index (χ2n) is 8.42. The Balaban J connectivity index is 1.65. The molecule has 1 fully saturated rings. The van der Waals surface area contributed by atoms with E-state index in [1.54, 1.807) is 13.8 Å². The van der Waals surface area contributed by atoms with Crippen molar-refractivity contribution in [1.82, 2.24) is 19.7 Å². The Hall–Kier alpha value is -3.40. The summed E-state index contributed by atoms with van der Waals surface area (Å²) in [7, 11) is 1.32. The van der Waals surface area contributed by atoms with Crippen molar-refractivity contribution in [2.75, 3.05) is 12.4 Å². The monoisotopic (exact) mass is 481 g/mol. The van der Waals surface area contributed by atoms with E-state index in [1.807, 2.05) is 35.8 Å². The van der Waals surface area contributed by atoms with E-state index in [2.05, 4.69) is 20.5 Å². The molecule has 0 radical (unpaired) electrons. The van der Waals surface area contributed by atoms with Gasteiger partial charge in [-0.3, -0.25) is 14.2 Å². The van der Waals surface area contributed by atoms with Gasteiger partial charge in [0.05, 0.1) is 29.3 Å². The molecule has 1 saturated carbocycles. The van der Waals surface area contributed by atoms with E-state index in [1.165, 1.54) is 25.8 Å². The number of anilines is 1. The second kappa shape index (κ2) is 9.46. The number of ether oxygens (including phenoxy) is 1. The van der Waals surface area contributed by atoms with Crippen LogP contribution in [0.3, 0.4) is 0 Å². The van der Waals surface area contributed by atoms with Crippen LogP contribution >= 0.6 is 11.8 Å². The minimum absolute atomic E-state index is 0.143. The van der Waals surface area contributed by atoms with Crippen molar-refractivity contribution in [2.24, 2.45) is 0 Å². The highest BCUT2D eigenvalue weighted by molar-refractivity contribution is 8.00. The number of nitrogens with one attached hydrogen (secondary N) is 2. The van der Waals surface area contributed by atoms with E-state index in [0.29, 0.717) is 39.3 Å². The summed E-state index contributed by atoms with van der Waals surface area (Å²) >= 11 is 1.31. The average Bonchev–Trinajstić information content (AvgIpc) is 3.49. The van der Waals surface area contributed by atoms with Crippen molar-refractivity contribution < 1.29 is 19.1 Å². The van der Waals surface area contributed by atoms with Crippen LogP contribution in [0.4, 0.5) is 5.69 Å². The van der Waals surface area contributed by atoms with Crippen LogP contribution < -0.4 is 5.32 Å².